The average Bonchev–Trinajstić information content (AvgIpc) is 2.33. The van der Waals surface area contributed by atoms with Gasteiger partial charge >= 0.3 is 5.97 Å². The minimum absolute atomic E-state index is 0.346. The second-order valence-corrected chi connectivity index (χ2v) is 5.55. The number of esters is 1. The molecule has 1 heterocycles. The van der Waals surface area contributed by atoms with Crippen molar-refractivity contribution in [3.8, 4) is 0 Å². The summed E-state index contributed by atoms with van der Waals surface area (Å²) in [5.74, 6) is -0.502. The van der Waals surface area contributed by atoms with Crippen LogP contribution in [0.15, 0.2) is 0 Å². The van der Waals surface area contributed by atoms with Crippen molar-refractivity contribution >= 4 is 5.97 Å². The summed E-state index contributed by atoms with van der Waals surface area (Å²) < 4.78 is 28.6. The normalized spacial score (nSPS) is 36.1. The Hall–Kier alpha value is -0.760. The van der Waals surface area contributed by atoms with Crippen LogP contribution in [-0.4, -0.2) is 60.7 Å². The van der Waals surface area contributed by atoms with Crippen molar-refractivity contribution in [2.75, 3.05) is 13.7 Å². The molecule has 1 rings (SSSR count). The summed E-state index contributed by atoms with van der Waals surface area (Å²) in [4.78, 5) is 11.6. The van der Waals surface area contributed by atoms with E-state index in [1.165, 1.54) is 7.11 Å². The van der Waals surface area contributed by atoms with Crippen molar-refractivity contribution < 1.29 is 33.6 Å². The van der Waals surface area contributed by atoms with Gasteiger partial charge in [-0.3, -0.25) is 4.79 Å². The van der Waals surface area contributed by atoms with Gasteiger partial charge in [-0.05, 0) is 20.8 Å². The fourth-order valence-electron chi connectivity index (χ4n) is 1.60. The van der Waals surface area contributed by atoms with Crippen LogP contribution in [0.1, 0.15) is 20.8 Å². The number of aliphatic hydroxyl groups excluding tert-OH is 2. The van der Waals surface area contributed by atoms with Crippen LogP contribution in [0.2, 0.25) is 0 Å². The molecule has 0 aromatic heterocycles. The Kier molecular flexibility index (Phi) is 5.26. The summed E-state index contributed by atoms with van der Waals surface area (Å²) >= 11 is 0. The number of ether oxygens (including phenoxy) is 3. The summed E-state index contributed by atoms with van der Waals surface area (Å²) in [7, 11) is 1.26. The molecular weight excluding hydrogens is 259 g/mol. The van der Waals surface area contributed by atoms with Crippen molar-refractivity contribution in [2.24, 2.45) is 5.41 Å². The Morgan fingerprint density at radius 2 is 1.89 bits per heavy atom. The third-order valence-corrected chi connectivity index (χ3v) is 2.84. The summed E-state index contributed by atoms with van der Waals surface area (Å²) in [6.07, 6.45) is -7.30. The van der Waals surface area contributed by atoms with Crippen LogP contribution >= 0.6 is 0 Å². The van der Waals surface area contributed by atoms with Crippen molar-refractivity contribution in [1.29, 1.82) is 0 Å². The Bertz CT molecular complexity index is 314. The van der Waals surface area contributed by atoms with Gasteiger partial charge in [0, 0.05) is 7.11 Å². The van der Waals surface area contributed by atoms with Crippen molar-refractivity contribution in [3.05, 3.63) is 0 Å². The Morgan fingerprint density at radius 1 is 1.32 bits per heavy atom. The van der Waals surface area contributed by atoms with Crippen LogP contribution in [0, 0.1) is 5.41 Å². The highest BCUT2D eigenvalue weighted by atomic mass is 19.1. The molecule has 7 heteroatoms. The molecule has 1 fully saturated rings. The minimum Gasteiger partial charge on any atom is -0.462 e. The molecule has 112 valence electrons. The summed E-state index contributed by atoms with van der Waals surface area (Å²) in [6, 6.07) is 0. The number of carbonyl (C=O) groups is 1. The van der Waals surface area contributed by atoms with Crippen LogP contribution in [0.4, 0.5) is 4.39 Å². The van der Waals surface area contributed by atoms with E-state index in [0.29, 0.717) is 0 Å². The van der Waals surface area contributed by atoms with Gasteiger partial charge in [0.2, 0.25) is 0 Å². The smallest absolute Gasteiger partial charge is 0.311 e. The number of aliphatic hydroxyl groups is 2. The number of carbonyl (C=O) groups excluding carboxylic acids is 1. The number of hydrogen-bond donors (Lipinski definition) is 2. The molecule has 2 N–H and O–H groups in total. The second kappa shape index (κ2) is 6.13. The maximum Gasteiger partial charge on any atom is 0.311 e. The van der Waals surface area contributed by atoms with Gasteiger partial charge in [-0.25, -0.2) is 4.39 Å². The average molecular weight is 280 g/mol. The Morgan fingerprint density at radius 3 is 2.37 bits per heavy atom. The van der Waals surface area contributed by atoms with Gasteiger partial charge in [-0.15, -0.1) is 0 Å². The van der Waals surface area contributed by atoms with E-state index in [0.717, 1.165) is 0 Å². The molecule has 0 aromatic rings. The van der Waals surface area contributed by atoms with E-state index in [4.69, 9.17) is 14.2 Å². The molecule has 0 bridgehead atoms. The first-order valence-corrected chi connectivity index (χ1v) is 6.04. The minimum atomic E-state index is -1.85. The molecule has 6 nitrogen and oxygen atoms in total. The maximum atomic E-state index is 13.8. The van der Waals surface area contributed by atoms with E-state index in [1.54, 1.807) is 20.8 Å². The zero-order valence-corrected chi connectivity index (χ0v) is 11.5. The van der Waals surface area contributed by atoms with Crippen LogP contribution < -0.4 is 0 Å². The highest BCUT2D eigenvalue weighted by Gasteiger charge is 2.45. The predicted octanol–water partition coefficient (Wildman–Crippen LogP) is 0.00690. The number of halogens is 1. The van der Waals surface area contributed by atoms with Crippen molar-refractivity contribution in [1.82, 2.24) is 0 Å². The van der Waals surface area contributed by atoms with Crippen LogP contribution in [0.25, 0.3) is 0 Å². The number of alkyl halides is 1. The van der Waals surface area contributed by atoms with E-state index < -0.39 is 42.2 Å². The van der Waals surface area contributed by atoms with Gasteiger partial charge in [-0.1, -0.05) is 0 Å². The zero-order chi connectivity index (χ0) is 14.8. The van der Waals surface area contributed by atoms with E-state index in [9.17, 15) is 19.4 Å². The van der Waals surface area contributed by atoms with Gasteiger partial charge < -0.3 is 24.4 Å². The number of rotatable bonds is 3. The first-order chi connectivity index (χ1) is 8.68. The maximum absolute atomic E-state index is 13.8. The monoisotopic (exact) mass is 280 g/mol. The number of methoxy groups -OCH3 is 1. The second-order valence-electron chi connectivity index (χ2n) is 5.55. The molecule has 1 aliphatic heterocycles. The highest BCUT2D eigenvalue weighted by Crippen LogP contribution is 2.25. The summed E-state index contributed by atoms with van der Waals surface area (Å²) in [5.41, 5.74) is -0.709. The fourth-order valence-corrected chi connectivity index (χ4v) is 1.60. The van der Waals surface area contributed by atoms with Gasteiger partial charge in [0.25, 0.3) is 0 Å². The summed E-state index contributed by atoms with van der Waals surface area (Å²) in [6.45, 7) is 4.66. The van der Waals surface area contributed by atoms with E-state index in [2.05, 4.69) is 0 Å². The quantitative estimate of drug-likeness (QED) is 0.708. The fraction of sp³-hybridized carbons (Fsp3) is 0.917. The molecule has 0 radical (unpaired) electrons. The van der Waals surface area contributed by atoms with Gasteiger partial charge in [0.1, 0.15) is 24.9 Å². The first-order valence-electron chi connectivity index (χ1n) is 6.04. The summed E-state index contributed by atoms with van der Waals surface area (Å²) in [5, 5.41) is 19.0. The lowest BCUT2D eigenvalue weighted by Gasteiger charge is -2.38. The largest absolute Gasteiger partial charge is 0.462 e. The van der Waals surface area contributed by atoms with E-state index in [-0.39, 0.29) is 6.61 Å². The van der Waals surface area contributed by atoms with Gasteiger partial charge in [0.15, 0.2) is 12.5 Å². The number of hydrogen-bond acceptors (Lipinski definition) is 6. The van der Waals surface area contributed by atoms with Gasteiger partial charge in [0.05, 0.1) is 5.41 Å². The lowest BCUT2D eigenvalue weighted by atomic mass is 9.97. The molecule has 0 unspecified atom stereocenters. The first kappa shape index (κ1) is 16.3. The molecule has 0 amide bonds. The topological polar surface area (TPSA) is 85.2 Å². The zero-order valence-electron chi connectivity index (χ0n) is 11.5. The molecule has 0 aliphatic carbocycles. The standard InChI is InChI=1S/C12H21FO6/c1-12(2,3)11(16)18-5-6-7(13)8(14)9(15)10(17-4)19-6/h6-10,14-15H,5H2,1-4H3/t6-,7+,8+,9+,10+/m1/s1. The third kappa shape index (κ3) is 3.85. The molecule has 0 saturated carbocycles. The molecule has 5 atom stereocenters. The van der Waals surface area contributed by atoms with Crippen molar-refractivity contribution in [2.45, 2.75) is 51.5 Å². The Balaban J connectivity index is 2.60. The SMILES string of the molecule is CO[C@H]1O[C@H](COC(=O)C(C)(C)C)[C@H](F)[C@H](O)[C@@H]1O. The molecule has 0 aromatic carbocycles. The van der Waals surface area contributed by atoms with Crippen LogP contribution in [0.5, 0.6) is 0 Å². The van der Waals surface area contributed by atoms with Crippen LogP contribution in [0.3, 0.4) is 0 Å². The van der Waals surface area contributed by atoms with Gasteiger partial charge in [-0.2, -0.15) is 0 Å². The molecular formula is C12H21FO6. The van der Waals surface area contributed by atoms with E-state index in [1.807, 2.05) is 0 Å². The lowest BCUT2D eigenvalue weighted by molar-refractivity contribution is -0.284. The van der Waals surface area contributed by atoms with E-state index >= 15 is 0 Å². The molecule has 19 heavy (non-hydrogen) atoms. The Labute approximate surface area is 111 Å². The van der Waals surface area contributed by atoms with Crippen molar-refractivity contribution in [3.63, 3.8) is 0 Å². The third-order valence-electron chi connectivity index (χ3n) is 2.84. The molecule has 1 aliphatic rings. The highest BCUT2D eigenvalue weighted by molar-refractivity contribution is 5.75. The van der Waals surface area contributed by atoms with Crippen LogP contribution in [-0.2, 0) is 19.0 Å². The lowest BCUT2D eigenvalue weighted by Crippen LogP contribution is -2.57. The molecule has 0 spiro atoms. The predicted molar refractivity (Wildman–Crippen MR) is 63.0 cm³/mol. The molecule has 1 saturated heterocycles.